The van der Waals surface area contributed by atoms with E-state index in [1.165, 1.54) is 12.0 Å². The van der Waals surface area contributed by atoms with E-state index in [0.717, 1.165) is 36.3 Å². The molecule has 1 amide bonds. The van der Waals surface area contributed by atoms with Crippen LogP contribution in [-0.2, 0) is 17.9 Å². The van der Waals surface area contributed by atoms with E-state index in [1.807, 2.05) is 29.8 Å². The third kappa shape index (κ3) is 3.06. The lowest BCUT2D eigenvalue weighted by molar-refractivity contribution is -0.127. The van der Waals surface area contributed by atoms with Gasteiger partial charge in [0.25, 0.3) is 0 Å². The van der Waals surface area contributed by atoms with Crippen molar-refractivity contribution in [1.82, 2.24) is 15.1 Å². The molecule has 1 aliphatic carbocycles. The second kappa shape index (κ2) is 6.34. The first-order valence-corrected chi connectivity index (χ1v) is 7.99. The molecule has 1 heterocycles. The van der Waals surface area contributed by atoms with Gasteiger partial charge in [0.2, 0.25) is 5.91 Å². The zero-order chi connectivity index (χ0) is 15.5. The average molecular weight is 297 g/mol. The van der Waals surface area contributed by atoms with Gasteiger partial charge in [0, 0.05) is 23.7 Å². The van der Waals surface area contributed by atoms with Gasteiger partial charge in [-0.25, -0.2) is 0 Å². The number of nitrogens with one attached hydrogen (secondary N) is 1. The number of nitrogens with zero attached hydrogens (tertiary/aromatic N) is 2. The van der Waals surface area contributed by atoms with Gasteiger partial charge in [0.05, 0.1) is 12.2 Å². The van der Waals surface area contributed by atoms with Crippen LogP contribution in [0.15, 0.2) is 30.3 Å². The van der Waals surface area contributed by atoms with E-state index in [1.54, 1.807) is 0 Å². The predicted octanol–water partition coefficient (Wildman–Crippen LogP) is 2.96. The maximum Gasteiger partial charge on any atom is 0.223 e. The van der Waals surface area contributed by atoms with Crippen LogP contribution >= 0.6 is 0 Å². The van der Waals surface area contributed by atoms with Crippen molar-refractivity contribution >= 4 is 5.91 Å². The van der Waals surface area contributed by atoms with Crippen molar-refractivity contribution < 1.29 is 4.79 Å². The van der Waals surface area contributed by atoms with Gasteiger partial charge in [-0.05, 0) is 32.3 Å². The lowest BCUT2D eigenvalue weighted by atomic mass is 9.85. The minimum Gasteiger partial charge on any atom is -0.352 e. The molecule has 1 aliphatic rings. The standard InChI is InChI=1S/C18H23N3O/c1-13-17(11-19-18(22)16-9-6-10-16)14(2)21(20-13)12-15-7-4-3-5-8-15/h3-5,7-8,16H,6,9-12H2,1-2H3,(H,19,22). The maximum absolute atomic E-state index is 12.0. The van der Waals surface area contributed by atoms with Crippen molar-refractivity contribution in [3.63, 3.8) is 0 Å². The van der Waals surface area contributed by atoms with Crippen LogP contribution in [0, 0.1) is 19.8 Å². The monoisotopic (exact) mass is 297 g/mol. The highest BCUT2D eigenvalue weighted by Crippen LogP contribution is 2.26. The Kier molecular flexibility index (Phi) is 4.27. The summed E-state index contributed by atoms with van der Waals surface area (Å²) < 4.78 is 2.02. The van der Waals surface area contributed by atoms with Crippen LogP contribution in [0.3, 0.4) is 0 Å². The van der Waals surface area contributed by atoms with E-state index in [9.17, 15) is 4.79 Å². The molecule has 1 saturated carbocycles. The van der Waals surface area contributed by atoms with Gasteiger partial charge < -0.3 is 5.32 Å². The van der Waals surface area contributed by atoms with Gasteiger partial charge in [-0.3, -0.25) is 9.48 Å². The average Bonchev–Trinajstić information content (AvgIpc) is 2.71. The summed E-state index contributed by atoms with van der Waals surface area (Å²) >= 11 is 0. The largest absolute Gasteiger partial charge is 0.352 e. The summed E-state index contributed by atoms with van der Waals surface area (Å²) in [5.41, 5.74) is 4.51. The van der Waals surface area contributed by atoms with Gasteiger partial charge >= 0.3 is 0 Å². The molecule has 0 aliphatic heterocycles. The van der Waals surface area contributed by atoms with Gasteiger partial charge in [-0.2, -0.15) is 5.10 Å². The summed E-state index contributed by atoms with van der Waals surface area (Å²) in [4.78, 5) is 12.0. The molecule has 0 spiro atoms. The summed E-state index contributed by atoms with van der Waals surface area (Å²) in [7, 11) is 0. The van der Waals surface area contributed by atoms with E-state index in [0.29, 0.717) is 6.54 Å². The number of hydrogen-bond acceptors (Lipinski definition) is 2. The van der Waals surface area contributed by atoms with Crippen molar-refractivity contribution in [2.24, 2.45) is 5.92 Å². The van der Waals surface area contributed by atoms with Crippen LogP contribution in [0.25, 0.3) is 0 Å². The summed E-state index contributed by atoms with van der Waals surface area (Å²) in [6.45, 7) is 5.44. The van der Waals surface area contributed by atoms with Crippen LogP contribution in [0.1, 0.15) is 41.8 Å². The lowest BCUT2D eigenvalue weighted by Gasteiger charge is -2.24. The molecule has 116 valence electrons. The summed E-state index contributed by atoms with van der Waals surface area (Å²) in [6.07, 6.45) is 3.26. The number of aryl methyl sites for hydroxylation is 1. The van der Waals surface area contributed by atoms with Crippen molar-refractivity contribution in [2.75, 3.05) is 0 Å². The molecule has 4 nitrogen and oxygen atoms in total. The number of rotatable bonds is 5. The Morgan fingerprint density at radius 1 is 1.27 bits per heavy atom. The Morgan fingerprint density at radius 3 is 2.64 bits per heavy atom. The summed E-state index contributed by atoms with van der Waals surface area (Å²) in [6, 6.07) is 10.3. The number of carbonyl (C=O) groups excluding carboxylic acids is 1. The summed E-state index contributed by atoms with van der Waals surface area (Å²) in [5, 5.41) is 7.70. The number of carbonyl (C=O) groups is 1. The molecule has 0 unspecified atom stereocenters. The third-order valence-corrected chi connectivity index (χ3v) is 4.62. The number of hydrogen-bond donors (Lipinski definition) is 1. The zero-order valence-electron chi connectivity index (χ0n) is 13.3. The van der Waals surface area contributed by atoms with Crippen LogP contribution < -0.4 is 5.32 Å². The van der Waals surface area contributed by atoms with Crippen molar-refractivity contribution in [2.45, 2.75) is 46.2 Å². The second-order valence-electron chi connectivity index (χ2n) is 6.14. The lowest BCUT2D eigenvalue weighted by Crippen LogP contribution is -2.34. The van der Waals surface area contributed by atoms with E-state index in [2.05, 4.69) is 29.5 Å². The topological polar surface area (TPSA) is 46.9 Å². The Bertz CT molecular complexity index is 656. The first kappa shape index (κ1) is 14.8. The first-order valence-electron chi connectivity index (χ1n) is 7.99. The minimum absolute atomic E-state index is 0.195. The molecule has 1 fully saturated rings. The fraction of sp³-hybridized carbons (Fsp3) is 0.444. The molecule has 1 aromatic heterocycles. The van der Waals surface area contributed by atoms with Gasteiger partial charge in [-0.15, -0.1) is 0 Å². The van der Waals surface area contributed by atoms with Crippen LogP contribution in [0.2, 0.25) is 0 Å². The highest BCUT2D eigenvalue weighted by Gasteiger charge is 2.25. The van der Waals surface area contributed by atoms with Crippen molar-refractivity contribution in [1.29, 1.82) is 0 Å². The molecule has 0 radical (unpaired) electrons. The molecule has 1 aromatic carbocycles. The Morgan fingerprint density at radius 2 is 2.00 bits per heavy atom. The number of aromatic nitrogens is 2. The molecule has 3 rings (SSSR count). The van der Waals surface area contributed by atoms with Crippen LogP contribution in [-0.4, -0.2) is 15.7 Å². The Balaban J connectivity index is 1.68. The maximum atomic E-state index is 12.0. The zero-order valence-corrected chi connectivity index (χ0v) is 13.3. The molecular weight excluding hydrogens is 274 g/mol. The van der Waals surface area contributed by atoms with Gasteiger partial charge in [0.15, 0.2) is 0 Å². The number of amides is 1. The van der Waals surface area contributed by atoms with E-state index in [-0.39, 0.29) is 11.8 Å². The highest BCUT2D eigenvalue weighted by molar-refractivity contribution is 5.79. The minimum atomic E-state index is 0.195. The van der Waals surface area contributed by atoms with Gasteiger partial charge in [-0.1, -0.05) is 36.8 Å². The van der Waals surface area contributed by atoms with E-state index < -0.39 is 0 Å². The molecule has 1 N–H and O–H groups in total. The summed E-state index contributed by atoms with van der Waals surface area (Å²) in [5.74, 6) is 0.431. The Labute approximate surface area is 131 Å². The quantitative estimate of drug-likeness (QED) is 0.922. The van der Waals surface area contributed by atoms with E-state index in [4.69, 9.17) is 0 Å². The molecular formula is C18H23N3O. The molecule has 4 heteroatoms. The SMILES string of the molecule is Cc1nn(Cc2ccccc2)c(C)c1CNC(=O)C1CCC1. The fourth-order valence-corrected chi connectivity index (χ4v) is 2.89. The first-order chi connectivity index (χ1) is 10.6. The van der Waals surface area contributed by atoms with Crippen molar-refractivity contribution in [3.05, 3.63) is 52.8 Å². The van der Waals surface area contributed by atoms with E-state index >= 15 is 0 Å². The molecule has 0 atom stereocenters. The third-order valence-electron chi connectivity index (χ3n) is 4.62. The molecule has 0 saturated heterocycles. The number of benzene rings is 1. The second-order valence-corrected chi connectivity index (χ2v) is 6.14. The predicted molar refractivity (Wildman–Crippen MR) is 86.4 cm³/mol. The molecule has 22 heavy (non-hydrogen) atoms. The highest BCUT2D eigenvalue weighted by atomic mass is 16.1. The van der Waals surface area contributed by atoms with Crippen LogP contribution in [0.5, 0.6) is 0 Å². The Hall–Kier alpha value is -2.10. The van der Waals surface area contributed by atoms with Gasteiger partial charge in [0.1, 0.15) is 0 Å². The molecule has 0 bridgehead atoms. The van der Waals surface area contributed by atoms with Crippen molar-refractivity contribution in [3.8, 4) is 0 Å². The normalized spacial score (nSPS) is 14.6. The molecule has 2 aromatic rings. The fourth-order valence-electron chi connectivity index (χ4n) is 2.89. The smallest absolute Gasteiger partial charge is 0.223 e. The van der Waals surface area contributed by atoms with Crippen LogP contribution in [0.4, 0.5) is 0 Å².